The minimum absolute atomic E-state index is 0.149. The molecular weight excluding hydrogens is 437 g/mol. The smallest absolute Gasteiger partial charge is 0.336 e. The first-order valence-corrected chi connectivity index (χ1v) is 10.9. The molecule has 174 valence electrons. The third kappa shape index (κ3) is 4.05. The van der Waals surface area contributed by atoms with Crippen molar-refractivity contribution in [2.75, 3.05) is 6.61 Å². The summed E-state index contributed by atoms with van der Waals surface area (Å²) in [6, 6.07) is 11.7. The SMILES string of the molecule is CCOC(=O)C1=C(C)NC(C)=C(C(=O)c2ccc(F)cc2)C1c1cccc2c(=O)cc(C)oc12. The highest BCUT2D eigenvalue weighted by molar-refractivity contribution is 6.12. The number of rotatable bonds is 5. The number of ketones is 1. The van der Waals surface area contributed by atoms with Crippen LogP contribution in [0.3, 0.4) is 0 Å². The summed E-state index contributed by atoms with van der Waals surface area (Å²) in [6.45, 7) is 6.98. The molecule has 2 heterocycles. The molecule has 34 heavy (non-hydrogen) atoms. The Balaban J connectivity index is 2.02. The van der Waals surface area contributed by atoms with Gasteiger partial charge in [-0.25, -0.2) is 9.18 Å². The second-order valence-corrected chi connectivity index (χ2v) is 8.14. The lowest BCUT2D eigenvalue weighted by atomic mass is 9.77. The first-order valence-electron chi connectivity index (χ1n) is 10.9. The number of carbonyl (C=O) groups excluding carboxylic acids is 2. The van der Waals surface area contributed by atoms with Crippen LogP contribution in [0.5, 0.6) is 0 Å². The molecule has 6 nitrogen and oxygen atoms in total. The van der Waals surface area contributed by atoms with Gasteiger partial charge in [0.2, 0.25) is 0 Å². The van der Waals surface area contributed by atoms with Crippen molar-refractivity contribution < 1.29 is 23.1 Å². The predicted octanol–water partition coefficient (Wildman–Crippen LogP) is 4.92. The fourth-order valence-electron chi connectivity index (χ4n) is 4.39. The molecule has 0 bridgehead atoms. The van der Waals surface area contributed by atoms with E-state index in [4.69, 9.17) is 9.15 Å². The number of dihydropyridines is 1. The highest BCUT2D eigenvalue weighted by atomic mass is 19.1. The van der Waals surface area contributed by atoms with E-state index >= 15 is 0 Å². The quantitative estimate of drug-likeness (QED) is 0.429. The molecule has 0 saturated heterocycles. The third-order valence-electron chi connectivity index (χ3n) is 5.83. The zero-order valence-corrected chi connectivity index (χ0v) is 19.3. The summed E-state index contributed by atoms with van der Waals surface area (Å²) in [5.74, 6) is -1.89. The zero-order valence-electron chi connectivity index (χ0n) is 19.3. The number of fused-ring (bicyclic) bond motifs is 1. The van der Waals surface area contributed by atoms with Crippen molar-refractivity contribution in [2.45, 2.75) is 33.6 Å². The van der Waals surface area contributed by atoms with Gasteiger partial charge in [0.25, 0.3) is 0 Å². The summed E-state index contributed by atoms with van der Waals surface area (Å²) < 4.78 is 24.8. The molecule has 1 unspecified atom stereocenters. The lowest BCUT2D eigenvalue weighted by Gasteiger charge is -2.31. The molecule has 1 aromatic heterocycles. The number of para-hydroxylation sites is 1. The summed E-state index contributed by atoms with van der Waals surface area (Å²) in [4.78, 5) is 39.5. The number of hydrogen-bond donors (Lipinski definition) is 1. The Kier molecular flexibility index (Phi) is 6.20. The first kappa shape index (κ1) is 23.2. The van der Waals surface area contributed by atoms with E-state index < -0.39 is 17.7 Å². The predicted molar refractivity (Wildman–Crippen MR) is 126 cm³/mol. The molecule has 0 fully saturated rings. The van der Waals surface area contributed by atoms with E-state index in [1.54, 1.807) is 45.9 Å². The topological polar surface area (TPSA) is 85.6 Å². The Morgan fingerprint density at radius 3 is 2.38 bits per heavy atom. The van der Waals surface area contributed by atoms with Gasteiger partial charge in [-0.1, -0.05) is 12.1 Å². The van der Waals surface area contributed by atoms with Crippen LogP contribution in [0.4, 0.5) is 4.39 Å². The maximum atomic E-state index is 13.7. The van der Waals surface area contributed by atoms with E-state index in [0.717, 1.165) is 0 Å². The molecule has 7 heteroatoms. The minimum Gasteiger partial charge on any atom is -0.463 e. The van der Waals surface area contributed by atoms with Gasteiger partial charge in [-0.2, -0.15) is 0 Å². The van der Waals surface area contributed by atoms with Crippen molar-refractivity contribution >= 4 is 22.7 Å². The average molecular weight is 461 g/mol. The maximum Gasteiger partial charge on any atom is 0.336 e. The number of Topliss-reactive ketones (excluding diaryl/α,β-unsaturated/α-hetero) is 1. The Labute approximate surface area is 195 Å². The maximum absolute atomic E-state index is 13.7. The van der Waals surface area contributed by atoms with Gasteiger partial charge < -0.3 is 14.5 Å². The summed E-state index contributed by atoms with van der Waals surface area (Å²) in [5, 5.41) is 3.46. The van der Waals surface area contributed by atoms with Crippen molar-refractivity contribution in [2.24, 2.45) is 0 Å². The highest BCUT2D eigenvalue weighted by Crippen LogP contribution is 2.42. The van der Waals surface area contributed by atoms with E-state index in [0.29, 0.717) is 33.7 Å². The summed E-state index contributed by atoms with van der Waals surface area (Å²) >= 11 is 0. The van der Waals surface area contributed by atoms with Gasteiger partial charge >= 0.3 is 5.97 Å². The third-order valence-corrected chi connectivity index (χ3v) is 5.83. The molecule has 0 saturated carbocycles. The van der Waals surface area contributed by atoms with E-state index in [1.165, 1.54) is 30.3 Å². The first-order chi connectivity index (χ1) is 16.2. The summed E-state index contributed by atoms with van der Waals surface area (Å²) in [7, 11) is 0. The van der Waals surface area contributed by atoms with Crippen molar-refractivity contribution in [3.8, 4) is 0 Å². The van der Waals surface area contributed by atoms with Gasteiger partial charge in [-0.05, 0) is 58.0 Å². The molecule has 0 radical (unpaired) electrons. The molecule has 0 spiro atoms. The van der Waals surface area contributed by atoms with Crippen molar-refractivity contribution in [1.82, 2.24) is 5.32 Å². The Bertz CT molecular complexity index is 1430. The number of allylic oxidation sites excluding steroid dienone is 3. The van der Waals surface area contributed by atoms with Crippen LogP contribution < -0.4 is 10.7 Å². The summed E-state index contributed by atoms with van der Waals surface area (Å²) in [5.41, 5.74) is 2.44. The number of esters is 1. The number of carbonyl (C=O) groups is 2. The Morgan fingerprint density at radius 2 is 1.71 bits per heavy atom. The van der Waals surface area contributed by atoms with Gasteiger partial charge in [0, 0.05) is 34.2 Å². The number of ether oxygens (including phenoxy) is 1. The lowest BCUT2D eigenvalue weighted by molar-refractivity contribution is -0.138. The van der Waals surface area contributed by atoms with Gasteiger partial charge in [-0.15, -0.1) is 0 Å². The molecule has 1 N–H and O–H groups in total. The van der Waals surface area contributed by atoms with Crippen molar-refractivity contribution in [1.29, 1.82) is 0 Å². The van der Waals surface area contributed by atoms with Gasteiger partial charge in [0.05, 0.1) is 23.5 Å². The highest BCUT2D eigenvalue weighted by Gasteiger charge is 2.38. The molecule has 1 aliphatic rings. The van der Waals surface area contributed by atoms with Crippen LogP contribution in [0.1, 0.15) is 48.4 Å². The molecule has 0 amide bonds. The lowest BCUT2D eigenvalue weighted by Crippen LogP contribution is -2.32. The summed E-state index contributed by atoms with van der Waals surface area (Å²) in [6.07, 6.45) is 0. The Hall–Kier alpha value is -4.00. The van der Waals surface area contributed by atoms with Crippen molar-refractivity contribution in [3.63, 3.8) is 0 Å². The van der Waals surface area contributed by atoms with E-state index in [2.05, 4.69) is 5.32 Å². The second kappa shape index (κ2) is 9.09. The number of hydrogen-bond acceptors (Lipinski definition) is 6. The van der Waals surface area contributed by atoms with Gasteiger partial charge in [0.1, 0.15) is 17.2 Å². The van der Waals surface area contributed by atoms with E-state index in [1.807, 2.05) is 0 Å². The van der Waals surface area contributed by atoms with Crippen LogP contribution in [0.2, 0.25) is 0 Å². The van der Waals surface area contributed by atoms with Crippen LogP contribution in [0.25, 0.3) is 11.0 Å². The fraction of sp³-hybridized carbons (Fsp3) is 0.222. The molecule has 0 aliphatic carbocycles. The normalized spacial score (nSPS) is 16.0. The van der Waals surface area contributed by atoms with Crippen LogP contribution >= 0.6 is 0 Å². The van der Waals surface area contributed by atoms with E-state index in [9.17, 15) is 18.8 Å². The second-order valence-electron chi connectivity index (χ2n) is 8.14. The minimum atomic E-state index is -0.869. The van der Waals surface area contributed by atoms with Crippen LogP contribution in [0.15, 0.2) is 80.3 Å². The van der Waals surface area contributed by atoms with Gasteiger partial charge in [-0.3, -0.25) is 9.59 Å². The largest absolute Gasteiger partial charge is 0.463 e. The molecule has 1 aliphatic heterocycles. The van der Waals surface area contributed by atoms with Crippen molar-refractivity contribution in [3.05, 3.63) is 104 Å². The number of aryl methyl sites for hydroxylation is 1. The number of benzene rings is 2. The molecule has 1 atom stereocenters. The Morgan fingerprint density at radius 1 is 1.03 bits per heavy atom. The van der Waals surface area contributed by atoms with Crippen LogP contribution in [0, 0.1) is 12.7 Å². The fourth-order valence-corrected chi connectivity index (χ4v) is 4.39. The standard InChI is InChI=1S/C27H24FNO5/c1-5-33-27(32)23-16(4)29-15(3)22(25(31)17-9-11-18(28)12-10-17)24(23)20-8-6-7-19-21(30)13-14(2)34-26(19)20/h6-13,24,29H,5H2,1-4H3. The molecule has 2 aromatic carbocycles. The van der Waals surface area contributed by atoms with Gasteiger partial charge in [0.15, 0.2) is 11.2 Å². The van der Waals surface area contributed by atoms with Crippen LogP contribution in [-0.4, -0.2) is 18.4 Å². The monoisotopic (exact) mass is 461 g/mol. The molecular formula is C27H24FNO5. The van der Waals surface area contributed by atoms with Crippen LogP contribution in [-0.2, 0) is 9.53 Å². The molecule has 3 aromatic rings. The van der Waals surface area contributed by atoms with E-state index in [-0.39, 0.29) is 34.5 Å². The zero-order chi connectivity index (χ0) is 24.6. The number of nitrogens with one attached hydrogen (secondary N) is 1. The number of halogens is 1. The average Bonchev–Trinajstić information content (AvgIpc) is 2.78. The molecule has 4 rings (SSSR count).